The predicted octanol–water partition coefficient (Wildman–Crippen LogP) is 1.85. The lowest BCUT2D eigenvalue weighted by atomic mass is 10.1. The first-order valence-electron chi connectivity index (χ1n) is 9.94. The van der Waals surface area contributed by atoms with Gasteiger partial charge in [0, 0.05) is 37.4 Å². The minimum absolute atomic E-state index is 0.0184. The number of benzene rings is 1. The predicted molar refractivity (Wildman–Crippen MR) is 104 cm³/mol. The number of ether oxygens (including phenoxy) is 2. The summed E-state index contributed by atoms with van der Waals surface area (Å²) in [6.07, 6.45) is 2.23. The molecular formula is C20H25N3O4S. The summed E-state index contributed by atoms with van der Waals surface area (Å²) in [6.45, 7) is 5.22. The van der Waals surface area contributed by atoms with E-state index in [1.807, 2.05) is 16.8 Å². The van der Waals surface area contributed by atoms with Crippen LogP contribution < -0.4 is 0 Å². The van der Waals surface area contributed by atoms with Crippen LogP contribution in [0.1, 0.15) is 24.1 Å². The molecule has 0 spiro atoms. The van der Waals surface area contributed by atoms with Crippen molar-refractivity contribution in [1.29, 1.82) is 0 Å². The molecule has 0 amide bonds. The molecule has 3 aliphatic heterocycles. The second-order valence-corrected chi connectivity index (χ2v) is 9.69. The van der Waals surface area contributed by atoms with Gasteiger partial charge < -0.3 is 9.47 Å². The average molecular weight is 404 g/mol. The second-order valence-electron chi connectivity index (χ2n) is 7.73. The molecule has 1 aromatic heterocycles. The summed E-state index contributed by atoms with van der Waals surface area (Å²) in [4.78, 5) is 2.70. The van der Waals surface area contributed by atoms with Gasteiger partial charge in [0.15, 0.2) is 9.84 Å². The molecule has 2 saturated heterocycles. The Morgan fingerprint density at radius 3 is 2.75 bits per heavy atom. The quantitative estimate of drug-likeness (QED) is 0.776. The number of morpholine rings is 1. The van der Waals surface area contributed by atoms with Crippen LogP contribution >= 0.6 is 0 Å². The van der Waals surface area contributed by atoms with E-state index in [4.69, 9.17) is 14.6 Å². The van der Waals surface area contributed by atoms with Crippen LogP contribution in [0.15, 0.2) is 29.2 Å². The van der Waals surface area contributed by atoms with Crippen LogP contribution in [0.5, 0.6) is 0 Å². The molecule has 28 heavy (non-hydrogen) atoms. The van der Waals surface area contributed by atoms with Crippen LogP contribution in [0.25, 0.3) is 11.3 Å². The highest BCUT2D eigenvalue weighted by Gasteiger charge is 2.34. The lowest BCUT2D eigenvalue weighted by Crippen LogP contribution is -2.36. The van der Waals surface area contributed by atoms with E-state index in [9.17, 15) is 8.42 Å². The van der Waals surface area contributed by atoms with Crippen LogP contribution in [0.3, 0.4) is 0 Å². The average Bonchev–Trinajstić information content (AvgIpc) is 3.31. The maximum Gasteiger partial charge on any atom is 0.183 e. The van der Waals surface area contributed by atoms with Crippen LogP contribution in [0, 0.1) is 0 Å². The van der Waals surface area contributed by atoms with Gasteiger partial charge in [0.25, 0.3) is 0 Å². The van der Waals surface area contributed by atoms with Crippen molar-refractivity contribution in [3.05, 3.63) is 35.5 Å². The van der Waals surface area contributed by atoms with E-state index < -0.39 is 9.84 Å². The Morgan fingerprint density at radius 2 is 1.96 bits per heavy atom. The third-order valence-corrected chi connectivity index (χ3v) is 7.52. The molecule has 0 aliphatic carbocycles. The SMILES string of the molecule is O=S1(=O)Cc2c(CN3CCOCC3)nn(CC3CCCO3)c2-c2ccccc21. The number of hydrogen-bond donors (Lipinski definition) is 0. The third kappa shape index (κ3) is 3.28. The van der Waals surface area contributed by atoms with Gasteiger partial charge in [-0.3, -0.25) is 9.58 Å². The highest BCUT2D eigenvalue weighted by molar-refractivity contribution is 7.90. The summed E-state index contributed by atoms with van der Waals surface area (Å²) in [7, 11) is -3.36. The number of hydrogen-bond acceptors (Lipinski definition) is 6. The van der Waals surface area contributed by atoms with E-state index in [0.717, 1.165) is 55.1 Å². The number of rotatable bonds is 4. The molecular weight excluding hydrogens is 378 g/mol. The van der Waals surface area contributed by atoms with Gasteiger partial charge in [-0.1, -0.05) is 18.2 Å². The van der Waals surface area contributed by atoms with Gasteiger partial charge in [-0.2, -0.15) is 5.10 Å². The smallest absolute Gasteiger partial charge is 0.183 e. The Morgan fingerprint density at radius 1 is 1.14 bits per heavy atom. The lowest BCUT2D eigenvalue weighted by Gasteiger charge is -2.26. The Hall–Kier alpha value is -1.74. The van der Waals surface area contributed by atoms with Crippen LogP contribution in [0.2, 0.25) is 0 Å². The van der Waals surface area contributed by atoms with Gasteiger partial charge in [-0.05, 0) is 18.9 Å². The first kappa shape index (κ1) is 18.3. The monoisotopic (exact) mass is 403 g/mol. The molecule has 8 heteroatoms. The molecule has 2 fully saturated rings. The largest absolute Gasteiger partial charge is 0.379 e. The molecule has 5 rings (SSSR count). The summed E-state index contributed by atoms with van der Waals surface area (Å²) in [5.41, 5.74) is 3.43. The highest BCUT2D eigenvalue weighted by atomic mass is 32.2. The molecule has 0 saturated carbocycles. The third-order valence-electron chi connectivity index (χ3n) is 5.82. The minimum atomic E-state index is -3.36. The van der Waals surface area contributed by atoms with Gasteiger partial charge in [-0.25, -0.2) is 8.42 Å². The minimum Gasteiger partial charge on any atom is -0.379 e. The highest BCUT2D eigenvalue weighted by Crippen LogP contribution is 2.40. The topological polar surface area (TPSA) is 73.7 Å². The fourth-order valence-corrected chi connectivity index (χ4v) is 6.04. The molecule has 150 valence electrons. The Bertz CT molecular complexity index is 973. The van der Waals surface area contributed by atoms with E-state index >= 15 is 0 Å². The van der Waals surface area contributed by atoms with Gasteiger partial charge >= 0.3 is 0 Å². The van der Waals surface area contributed by atoms with Gasteiger partial charge in [-0.15, -0.1) is 0 Å². The number of aromatic nitrogens is 2. The summed E-state index contributed by atoms with van der Waals surface area (Å²) in [6, 6.07) is 7.29. The van der Waals surface area contributed by atoms with E-state index in [1.54, 1.807) is 12.1 Å². The summed E-state index contributed by atoms with van der Waals surface area (Å²) in [5.74, 6) is 0.0184. The zero-order valence-corrected chi connectivity index (χ0v) is 16.7. The number of nitrogens with zero attached hydrogens (tertiary/aromatic N) is 3. The Balaban J connectivity index is 1.59. The second kappa shape index (κ2) is 7.26. The molecule has 0 radical (unpaired) electrons. The van der Waals surface area contributed by atoms with Crippen molar-refractivity contribution in [2.24, 2.45) is 0 Å². The molecule has 1 atom stereocenters. The van der Waals surface area contributed by atoms with Crippen LogP contribution in [-0.4, -0.2) is 62.1 Å². The Labute approximate surface area is 165 Å². The Kier molecular flexibility index (Phi) is 4.74. The number of sulfone groups is 1. The van der Waals surface area contributed by atoms with Gasteiger partial charge in [0.1, 0.15) is 0 Å². The van der Waals surface area contributed by atoms with Crippen molar-refractivity contribution in [3.8, 4) is 11.3 Å². The fourth-order valence-electron chi connectivity index (χ4n) is 4.41. The molecule has 1 unspecified atom stereocenters. The summed E-state index contributed by atoms with van der Waals surface area (Å²) in [5, 5.41) is 4.90. The zero-order valence-electron chi connectivity index (χ0n) is 15.8. The van der Waals surface area contributed by atoms with Crippen LogP contribution in [0.4, 0.5) is 0 Å². The van der Waals surface area contributed by atoms with E-state index in [1.165, 1.54) is 0 Å². The van der Waals surface area contributed by atoms with Gasteiger partial charge in [0.2, 0.25) is 0 Å². The van der Waals surface area contributed by atoms with E-state index in [-0.39, 0.29) is 11.9 Å². The van der Waals surface area contributed by atoms with Crippen molar-refractivity contribution < 1.29 is 17.9 Å². The molecule has 3 aliphatic rings. The lowest BCUT2D eigenvalue weighted by molar-refractivity contribution is 0.0334. The normalized spacial score (nSPS) is 24.1. The summed E-state index contributed by atoms with van der Waals surface area (Å²) < 4.78 is 39.1. The standard InChI is InChI=1S/C20H25N3O4S/c24-28(25)14-17-18(13-22-7-10-26-11-8-22)21-23(12-15-4-3-9-27-15)20(17)16-5-1-2-6-19(16)28/h1-2,5-6,15H,3-4,7-14H2. The maximum atomic E-state index is 12.9. The maximum absolute atomic E-state index is 12.9. The van der Waals surface area contributed by atoms with Crippen molar-refractivity contribution in [3.63, 3.8) is 0 Å². The summed E-state index contributed by atoms with van der Waals surface area (Å²) >= 11 is 0. The van der Waals surface area contributed by atoms with Crippen molar-refractivity contribution in [2.45, 2.75) is 42.7 Å². The molecule has 1 aromatic carbocycles. The van der Waals surface area contributed by atoms with E-state index in [2.05, 4.69) is 4.90 Å². The van der Waals surface area contributed by atoms with Crippen molar-refractivity contribution >= 4 is 9.84 Å². The van der Waals surface area contributed by atoms with Crippen LogP contribution in [-0.2, 0) is 38.2 Å². The van der Waals surface area contributed by atoms with Crippen molar-refractivity contribution in [1.82, 2.24) is 14.7 Å². The molecule has 7 nitrogen and oxygen atoms in total. The first-order chi connectivity index (χ1) is 13.6. The zero-order chi connectivity index (χ0) is 19.1. The molecule has 0 N–H and O–H groups in total. The van der Waals surface area contributed by atoms with Crippen molar-refractivity contribution in [2.75, 3.05) is 32.9 Å². The molecule has 4 heterocycles. The van der Waals surface area contributed by atoms with E-state index in [0.29, 0.717) is 31.2 Å². The fraction of sp³-hybridized carbons (Fsp3) is 0.550. The molecule has 0 bridgehead atoms. The number of fused-ring (bicyclic) bond motifs is 3. The van der Waals surface area contributed by atoms with Gasteiger partial charge in [0.05, 0.1) is 47.9 Å². The molecule has 2 aromatic rings. The first-order valence-corrected chi connectivity index (χ1v) is 11.6.